The van der Waals surface area contributed by atoms with Crippen LogP contribution in [0.15, 0.2) is 48.8 Å². The summed E-state index contributed by atoms with van der Waals surface area (Å²) in [4.78, 5) is 29.6. The van der Waals surface area contributed by atoms with Crippen molar-refractivity contribution < 1.29 is 9.59 Å². The van der Waals surface area contributed by atoms with E-state index in [2.05, 4.69) is 10.3 Å². The molecule has 0 unspecified atom stereocenters. The number of rotatable bonds is 1. The van der Waals surface area contributed by atoms with Gasteiger partial charge in [-0.05, 0) is 30.2 Å². The fraction of sp³-hybridized carbons (Fsp3) is 0.133. The lowest BCUT2D eigenvalue weighted by Crippen LogP contribution is -2.38. The number of carbonyl (C=O) groups excluding carboxylic acids is 2. The van der Waals surface area contributed by atoms with Crippen molar-refractivity contribution in [3.63, 3.8) is 0 Å². The molecular weight excluding hydrogens is 254 g/mol. The molecule has 0 saturated carbocycles. The Kier molecular flexibility index (Phi) is 3.16. The number of carbonyl (C=O) groups is 2. The zero-order valence-corrected chi connectivity index (χ0v) is 10.7. The largest absolute Gasteiger partial charge is 0.316 e. The van der Waals surface area contributed by atoms with Crippen LogP contribution in [0.4, 0.5) is 11.4 Å². The fourth-order valence-electron chi connectivity index (χ4n) is 2.29. The van der Waals surface area contributed by atoms with E-state index >= 15 is 0 Å². The van der Waals surface area contributed by atoms with Crippen molar-refractivity contribution in [2.24, 2.45) is 0 Å². The minimum absolute atomic E-state index is 0.512. The SMILES string of the molecule is O=C(Nc1cccnc1)C(=O)N1CCc2ccccc21. The number of anilines is 2. The summed E-state index contributed by atoms with van der Waals surface area (Å²) in [5, 5.41) is 2.56. The second-order valence-corrected chi connectivity index (χ2v) is 4.53. The zero-order valence-electron chi connectivity index (χ0n) is 10.7. The minimum Gasteiger partial charge on any atom is -0.316 e. The maximum atomic E-state index is 12.2. The van der Waals surface area contributed by atoms with Gasteiger partial charge in [0.05, 0.1) is 11.9 Å². The van der Waals surface area contributed by atoms with E-state index in [-0.39, 0.29) is 0 Å². The molecule has 0 atom stereocenters. The van der Waals surface area contributed by atoms with Crippen molar-refractivity contribution in [1.29, 1.82) is 0 Å². The molecule has 1 aromatic heterocycles. The number of hydrogen-bond donors (Lipinski definition) is 1. The van der Waals surface area contributed by atoms with Gasteiger partial charge in [0.1, 0.15) is 0 Å². The van der Waals surface area contributed by atoms with Crippen LogP contribution >= 0.6 is 0 Å². The Hall–Kier alpha value is -2.69. The fourth-order valence-corrected chi connectivity index (χ4v) is 2.29. The number of nitrogens with zero attached hydrogens (tertiary/aromatic N) is 2. The maximum absolute atomic E-state index is 12.2. The molecular formula is C15H13N3O2. The topological polar surface area (TPSA) is 62.3 Å². The third-order valence-corrected chi connectivity index (χ3v) is 3.25. The second-order valence-electron chi connectivity index (χ2n) is 4.53. The predicted octanol–water partition coefficient (Wildman–Crippen LogP) is 1.61. The quantitative estimate of drug-likeness (QED) is 0.798. The average Bonchev–Trinajstić information content (AvgIpc) is 2.91. The van der Waals surface area contributed by atoms with Crippen LogP contribution in [-0.4, -0.2) is 23.3 Å². The van der Waals surface area contributed by atoms with Gasteiger partial charge in [0.15, 0.2) is 0 Å². The van der Waals surface area contributed by atoms with Crippen LogP contribution in [0.1, 0.15) is 5.56 Å². The molecule has 1 aliphatic heterocycles. The molecule has 1 aliphatic rings. The lowest BCUT2D eigenvalue weighted by molar-refractivity contribution is -0.134. The van der Waals surface area contributed by atoms with Crippen LogP contribution in [-0.2, 0) is 16.0 Å². The van der Waals surface area contributed by atoms with Crippen LogP contribution in [0, 0.1) is 0 Å². The first-order valence-corrected chi connectivity index (χ1v) is 6.36. The summed E-state index contributed by atoms with van der Waals surface area (Å²) >= 11 is 0. The Balaban J connectivity index is 1.76. The standard InChI is InChI=1S/C15H13N3O2/c19-14(17-12-5-3-8-16-10-12)15(20)18-9-7-11-4-1-2-6-13(11)18/h1-6,8,10H,7,9H2,(H,17,19). The summed E-state index contributed by atoms with van der Waals surface area (Å²) in [5.41, 5.74) is 2.42. The Morgan fingerprint density at radius 3 is 2.80 bits per heavy atom. The molecule has 1 N–H and O–H groups in total. The monoisotopic (exact) mass is 267 g/mol. The Labute approximate surface area is 116 Å². The highest BCUT2D eigenvalue weighted by molar-refractivity contribution is 6.44. The lowest BCUT2D eigenvalue weighted by atomic mass is 10.2. The molecule has 2 amide bonds. The minimum atomic E-state index is -0.644. The summed E-state index contributed by atoms with van der Waals surface area (Å²) in [6.45, 7) is 0.540. The van der Waals surface area contributed by atoms with E-state index in [9.17, 15) is 9.59 Å². The highest BCUT2D eigenvalue weighted by Crippen LogP contribution is 2.27. The number of para-hydroxylation sites is 1. The summed E-state index contributed by atoms with van der Waals surface area (Å²) < 4.78 is 0. The van der Waals surface area contributed by atoms with Gasteiger partial charge in [-0.3, -0.25) is 14.6 Å². The van der Waals surface area contributed by atoms with Gasteiger partial charge in [-0.1, -0.05) is 18.2 Å². The number of hydrogen-bond acceptors (Lipinski definition) is 3. The molecule has 20 heavy (non-hydrogen) atoms. The van der Waals surface area contributed by atoms with Crippen molar-refractivity contribution >= 4 is 23.2 Å². The third-order valence-electron chi connectivity index (χ3n) is 3.25. The van der Waals surface area contributed by atoms with E-state index in [1.165, 1.54) is 11.1 Å². The van der Waals surface area contributed by atoms with Gasteiger partial charge in [0.2, 0.25) is 0 Å². The van der Waals surface area contributed by atoms with E-state index in [0.717, 1.165) is 17.7 Å². The van der Waals surface area contributed by atoms with Gasteiger partial charge in [0, 0.05) is 18.4 Å². The Morgan fingerprint density at radius 2 is 2.00 bits per heavy atom. The first kappa shape index (κ1) is 12.3. The van der Waals surface area contributed by atoms with E-state index in [0.29, 0.717) is 12.2 Å². The molecule has 2 aromatic rings. The van der Waals surface area contributed by atoms with Crippen LogP contribution in [0.2, 0.25) is 0 Å². The van der Waals surface area contributed by atoms with Crippen LogP contribution in [0.25, 0.3) is 0 Å². The van der Waals surface area contributed by atoms with Crippen molar-refractivity contribution in [2.45, 2.75) is 6.42 Å². The summed E-state index contributed by atoms with van der Waals surface area (Å²) in [7, 11) is 0. The van der Waals surface area contributed by atoms with Crippen LogP contribution < -0.4 is 10.2 Å². The number of fused-ring (bicyclic) bond motifs is 1. The summed E-state index contributed by atoms with van der Waals surface area (Å²) in [5.74, 6) is -1.19. The number of nitrogens with one attached hydrogen (secondary N) is 1. The highest BCUT2D eigenvalue weighted by atomic mass is 16.2. The van der Waals surface area contributed by atoms with E-state index in [4.69, 9.17) is 0 Å². The van der Waals surface area contributed by atoms with Gasteiger partial charge in [-0.2, -0.15) is 0 Å². The molecule has 2 heterocycles. The highest BCUT2D eigenvalue weighted by Gasteiger charge is 2.28. The molecule has 5 nitrogen and oxygen atoms in total. The molecule has 0 spiro atoms. The van der Waals surface area contributed by atoms with Crippen LogP contribution in [0.5, 0.6) is 0 Å². The normalized spacial score (nSPS) is 12.9. The summed E-state index contributed by atoms with van der Waals surface area (Å²) in [6, 6.07) is 11.0. The van der Waals surface area contributed by atoms with E-state index in [1.807, 2.05) is 24.3 Å². The van der Waals surface area contributed by atoms with E-state index in [1.54, 1.807) is 18.3 Å². The lowest BCUT2D eigenvalue weighted by Gasteiger charge is -2.16. The molecule has 0 radical (unpaired) electrons. The van der Waals surface area contributed by atoms with Crippen LogP contribution in [0.3, 0.4) is 0 Å². The zero-order chi connectivity index (χ0) is 13.9. The average molecular weight is 267 g/mol. The van der Waals surface area contributed by atoms with Crippen molar-refractivity contribution in [1.82, 2.24) is 4.98 Å². The first-order valence-electron chi connectivity index (χ1n) is 6.36. The molecule has 0 aliphatic carbocycles. The summed E-state index contributed by atoms with van der Waals surface area (Å²) in [6.07, 6.45) is 3.89. The van der Waals surface area contributed by atoms with Crippen molar-refractivity contribution in [2.75, 3.05) is 16.8 Å². The second kappa shape index (κ2) is 5.13. The number of amides is 2. The molecule has 0 bridgehead atoms. The Morgan fingerprint density at radius 1 is 1.15 bits per heavy atom. The number of pyridine rings is 1. The number of aromatic nitrogens is 1. The van der Waals surface area contributed by atoms with Crippen molar-refractivity contribution in [3.05, 3.63) is 54.4 Å². The Bertz CT molecular complexity index is 655. The van der Waals surface area contributed by atoms with Gasteiger partial charge in [0.25, 0.3) is 0 Å². The smallest absolute Gasteiger partial charge is 0.316 e. The molecule has 100 valence electrons. The van der Waals surface area contributed by atoms with Gasteiger partial charge in [-0.25, -0.2) is 0 Å². The van der Waals surface area contributed by atoms with Crippen molar-refractivity contribution in [3.8, 4) is 0 Å². The third kappa shape index (κ3) is 2.25. The molecule has 0 saturated heterocycles. The van der Waals surface area contributed by atoms with Gasteiger partial charge < -0.3 is 10.2 Å². The molecule has 3 rings (SSSR count). The predicted molar refractivity (Wildman–Crippen MR) is 75.4 cm³/mol. The van der Waals surface area contributed by atoms with Gasteiger partial charge in [-0.15, -0.1) is 0 Å². The molecule has 1 aromatic carbocycles. The van der Waals surface area contributed by atoms with Gasteiger partial charge >= 0.3 is 11.8 Å². The first-order chi connectivity index (χ1) is 9.75. The molecule has 5 heteroatoms. The molecule has 0 fully saturated rings. The van der Waals surface area contributed by atoms with E-state index < -0.39 is 11.8 Å². The number of benzene rings is 1. The maximum Gasteiger partial charge on any atom is 0.316 e.